The lowest BCUT2D eigenvalue weighted by atomic mass is 10.1. The zero-order chi connectivity index (χ0) is 25.1. The largest absolute Gasteiger partial charge is 0.338 e. The zero-order valence-corrected chi connectivity index (χ0v) is 21.8. The van der Waals surface area contributed by atoms with Crippen LogP contribution in [0.25, 0.3) is 0 Å². The monoisotopic (exact) mass is 500 g/mol. The topological polar surface area (TPSA) is 130 Å². The number of urea groups is 2. The molecule has 0 saturated carbocycles. The maximum absolute atomic E-state index is 12.1. The summed E-state index contributed by atoms with van der Waals surface area (Å²) >= 11 is 2.86. The van der Waals surface area contributed by atoms with Crippen LogP contribution in [-0.4, -0.2) is 25.2 Å². The third kappa shape index (κ3) is 7.21. The third-order valence-electron chi connectivity index (χ3n) is 5.48. The smallest absolute Gasteiger partial charge is 0.319 e. The number of unbranched alkanes of at least 4 members (excludes halogenated alkanes) is 3. The molecule has 2 rings (SSSR count). The van der Waals surface area contributed by atoms with E-state index in [1.807, 2.05) is 27.7 Å². The molecule has 8 nitrogen and oxygen atoms in total. The highest BCUT2D eigenvalue weighted by Crippen LogP contribution is 2.33. The summed E-state index contributed by atoms with van der Waals surface area (Å²) in [6.45, 7) is 9.00. The lowest BCUT2D eigenvalue weighted by molar-refractivity contribution is 0.250. The van der Waals surface area contributed by atoms with Crippen LogP contribution in [0.1, 0.15) is 71.5 Å². The third-order valence-corrected chi connectivity index (χ3v) is 7.60. The summed E-state index contributed by atoms with van der Waals surface area (Å²) in [5.74, 6) is 0. The van der Waals surface area contributed by atoms with E-state index in [4.69, 9.17) is 0 Å². The molecule has 10 heteroatoms. The van der Waals surface area contributed by atoms with Crippen LogP contribution in [0.5, 0.6) is 0 Å². The molecule has 0 aliphatic heterocycles. The summed E-state index contributed by atoms with van der Waals surface area (Å²) in [4.78, 5) is 26.4. The maximum atomic E-state index is 12.1. The first-order valence-electron chi connectivity index (χ1n) is 11.5. The van der Waals surface area contributed by atoms with Crippen LogP contribution in [0.4, 0.5) is 19.6 Å². The first-order valence-corrected chi connectivity index (χ1v) is 13.1. The Kier molecular flexibility index (Phi) is 10.9. The highest BCUT2D eigenvalue weighted by molar-refractivity contribution is 7.17. The van der Waals surface area contributed by atoms with E-state index in [2.05, 4.69) is 33.4 Å². The summed E-state index contributed by atoms with van der Waals surface area (Å²) in [6, 6.07) is 3.78. The molecule has 0 aliphatic rings. The Morgan fingerprint density at radius 3 is 1.44 bits per heavy atom. The molecule has 0 saturated heterocycles. The molecule has 0 aliphatic carbocycles. The van der Waals surface area contributed by atoms with Crippen LogP contribution < -0.4 is 21.3 Å². The number of nitrogens with zero attached hydrogens (tertiary/aromatic N) is 2. The van der Waals surface area contributed by atoms with E-state index in [1.165, 1.54) is 22.7 Å². The van der Waals surface area contributed by atoms with Gasteiger partial charge in [0.25, 0.3) is 0 Å². The molecule has 2 aromatic rings. The van der Waals surface area contributed by atoms with Crippen molar-refractivity contribution in [1.82, 2.24) is 10.6 Å². The minimum Gasteiger partial charge on any atom is -0.338 e. The molecular formula is C24H32N6O2S2. The number of thiophene rings is 2. The quantitative estimate of drug-likeness (QED) is 0.291. The van der Waals surface area contributed by atoms with Crippen LogP contribution in [0.3, 0.4) is 0 Å². The highest BCUT2D eigenvalue weighted by Gasteiger charge is 2.17. The number of nitrogens with one attached hydrogen (secondary N) is 4. The molecule has 2 heterocycles. The van der Waals surface area contributed by atoms with E-state index in [0.29, 0.717) is 34.2 Å². The van der Waals surface area contributed by atoms with Crippen molar-refractivity contribution in [2.45, 2.75) is 66.2 Å². The summed E-state index contributed by atoms with van der Waals surface area (Å²) < 4.78 is 0. The lowest BCUT2D eigenvalue weighted by Crippen LogP contribution is -2.30. The van der Waals surface area contributed by atoms with Crippen molar-refractivity contribution < 1.29 is 9.59 Å². The zero-order valence-electron chi connectivity index (χ0n) is 20.2. The molecule has 0 bridgehead atoms. The van der Waals surface area contributed by atoms with Crippen LogP contribution in [-0.2, 0) is 12.8 Å². The Labute approximate surface area is 209 Å². The fourth-order valence-corrected chi connectivity index (χ4v) is 5.90. The van der Waals surface area contributed by atoms with Gasteiger partial charge in [0, 0.05) is 22.8 Å². The van der Waals surface area contributed by atoms with Gasteiger partial charge in [-0.3, -0.25) is 10.6 Å². The average molecular weight is 501 g/mol. The molecule has 0 radical (unpaired) electrons. The number of hydrogen-bond acceptors (Lipinski definition) is 6. The molecule has 0 unspecified atom stereocenters. The van der Waals surface area contributed by atoms with Gasteiger partial charge < -0.3 is 10.6 Å². The summed E-state index contributed by atoms with van der Waals surface area (Å²) in [5, 5.41) is 31.2. The molecule has 0 aromatic carbocycles. The Hall–Kier alpha value is -3.08. The number of anilines is 2. The number of carbonyl (C=O) groups excluding carboxylic acids is 2. The maximum Gasteiger partial charge on any atom is 0.319 e. The number of carbonyl (C=O) groups is 2. The van der Waals surface area contributed by atoms with Gasteiger partial charge >= 0.3 is 12.1 Å². The molecule has 0 fully saturated rings. The van der Waals surface area contributed by atoms with Crippen molar-refractivity contribution >= 4 is 44.7 Å². The Bertz CT molecular complexity index is 1000. The average Bonchev–Trinajstić information content (AvgIpc) is 3.28. The van der Waals surface area contributed by atoms with E-state index in [1.54, 1.807) is 0 Å². The number of amides is 4. The molecule has 34 heavy (non-hydrogen) atoms. The molecular weight excluding hydrogens is 468 g/mol. The van der Waals surface area contributed by atoms with Crippen LogP contribution in [0.2, 0.25) is 0 Å². The standard InChI is InChI=1S/C24H32N6O2S2/c1-5-17-15(3)33-21(19(17)13-25)29-23(31)27-11-9-7-8-10-12-28-24(32)30-22-20(14-26)18(6-2)16(4)34-22/h5-12H2,1-4H3,(H2,27,29,31)(H2,28,30,32). The first-order chi connectivity index (χ1) is 16.4. The highest BCUT2D eigenvalue weighted by atomic mass is 32.1. The van der Waals surface area contributed by atoms with Crippen molar-refractivity contribution in [3.8, 4) is 12.1 Å². The van der Waals surface area contributed by atoms with Gasteiger partial charge in [-0.2, -0.15) is 10.5 Å². The fraction of sp³-hybridized carbons (Fsp3) is 0.500. The van der Waals surface area contributed by atoms with Crippen LogP contribution >= 0.6 is 22.7 Å². The van der Waals surface area contributed by atoms with Gasteiger partial charge in [0.05, 0.1) is 11.1 Å². The van der Waals surface area contributed by atoms with Gasteiger partial charge in [-0.05, 0) is 50.7 Å². The summed E-state index contributed by atoms with van der Waals surface area (Å²) in [6.07, 6.45) is 5.03. The van der Waals surface area contributed by atoms with Crippen molar-refractivity contribution in [3.05, 3.63) is 32.0 Å². The fourth-order valence-electron chi connectivity index (χ4n) is 3.72. The number of hydrogen-bond donors (Lipinski definition) is 4. The molecule has 182 valence electrons. The number of aryl methyl sites for hydroxylation is 2. The second-order valence-corrected chi connectivity index (χ2v) is 10.2. The van der Waals surface area contributed by atoms with E-state index < -0.39 is 0 Å². The molecule has 0 spiro atoms. The van der Waals surface area contributed by atoms with Gasteiger partial charge in [0.15, 0.2) is 0 Å². The summed E-state index contributed by atoms with van der Waals surface area (Å²) in [7, 11) is 0. The molecule has 2 aromatic heterocycles. The normalized spacial score (nSPS) is 10.3. The second-order valence-electron chi connectivity index (χ2n) is 7.79. The van der Waals surface area contributed by atoms with Gasteiger partial charge in [0.2, 0.25) is 0 Å². The minimum absolute atomic E-state index is 0.300. The van der Waals surface area contributed by atoms with Gasteiger partial charge in [-0.1, -0.05) is 26.7 Å². The predicted molar refractivity (Wildman–Crippen MR) is 139 cm³/mol. The number of nitriles is 2. The van der Waals surface area contributed by atoms with E-state index in [9.17, 15) is 20.1 Å². The van der Waals surface area contributed by atoms with Crippen LogP contribution in [0, 0.1) is 36.5 Å². The van der Waals surface area contributed by atoms with Gasteiger partial charge in [0.1, 0.15) is 22.1 Å². The van der Waals surface area contributed by atoms with E-state index in [0.717, 1.165) is 59.4 Å². The molecule has 4 N–H and O–H groups in total. The van der Waals surface area contributed by atoms with Crippen molar-refractivity contribution in [2.75, 3.05) is 23.7 Å². The minimum atomic E-state index is -0.300. The van der Waals surface area contributed by atoms with E-state index in [-0.39, 0.29) is 12.1 Å². The molecule has 4 amide bonds. The Morgan fingerprint density at radius 2 is 1.12 bits per heavy atom. The Balaban J connectivity index is 1.60. The van der Waals surface area contributed by atoms with Crippen molar-refractivity contribution in [3.63, 3.8) is 0 Å². The second kappa shape index (κ2) is 13.6. The van der Waals surface area contributed by atoms with Crippen molar-refractivity contribution in [1.29, 1.82) is 10.5 Å². The summed E-state index contributed by atoms with van der Waals surface area (Å²) in [5.41, 5.74) is 3.10. The van der Waals surface area contributed by atoms with Gasteiger partial charge in [-0.15, -0.1) is 22.7 Å². The van der Waals surface area contributed by atoms with Crippen LogP contribution in [0.15, 0.2) is 0 Å². The van der Waals surface area contributed by atoms with Crippen molar-refractivity contribution in [2.24, 2.45) is 0 Å². The number of rotatable bonds is 11. The Morgan fingerprint density at radius 1 is 0.735 bits per heavy atom. The molecule has 0 atom stereocenters. The lowest BCUT2D eigenvalue weighted by Gasteiger charge is -2.08. The predicted octanol–water partition coefficient (Wildman–Crippen LogP) is 5.80. The van der Waals surface area contributed by atoms with E-state index >= 15 is 0 Å². The SMILES string of the molecule is CCc1c(C)sc(NC(=O)NCCCCCCNC(=O)Nc2sc(C)c(CC)c2C#N)c1C#N. The van der Waals surface area contributed by atoms with Gasteiger partial charge in [-0.25, -0.2) is 9.59 Å². The first kappa shape index (κ1) is 27.2.